The Kier molecular flexibility index (Phi) is 5.56. The molecule has 0 amide bonds. The molecule has 0 aromatic carbocycles. The second-order valence-corrected chi connectivity index (χ2v) is 4.76. The first kappa shape index (κ1) is 12.0. The van der Waals surface area contributed by atoms with Crippen LogP contribution in [0.2, 0.25) is 0 Å². The molecule has 0 saturated heterocycles. The van der Waals surface area contributed by atoms with Gasteiger partial charge in [0, 0.05) is 0 Å². The fourth-order valence-corrected chi connectivity index (χ4v) is 1.70. The lowest BCUT2D eigenvalue weighted by atomic mass is 9.86. The monoisotopic (exact) mass is 172 g/mol. The summed E-state index contributed by atoms with van der Waals surface area (Å²) in [6.07, 6.45) is 2.15. The Morgan fingerprint density at radius 3 is 1.33 bits per heavy atom. The van der Waals surface area contributed by atoms with Crippen molar-refractivity contribution >= 4 is 0 Å². The Morgan fingerprint density at radius 1 is 0.833 bits per heavy atom. The van der Waals surface area contributed by atoms with Crippen molar-refractivity contribution in [2.24, 2.45) is 17.8 Å². The first-order valence-electron chi connectivity index (χ1n) is 5.11. The molecule has 0 rings (SSSR count). The van der Waals surface area contributed by atoms with Crippen molar-refractivity contribution in [3.63, 3.8) is 0 Å². The summed E-state index contributed by atoms with van der Waals surface area (Å²) in [7, 11) is 0. The summed E-state index contributed by atoms with van der Waals surface area (Å²) in [6.45, 7) is 10.8. The Morgan fingerprint density at radius 2 is 1.17 bits per heavy atom. The van der Waals surface area contributed by atoms with Gasteiger partial charge in [0.05, 0.1) is 6.10 Å². The lowest BCUT2D eigenvalue weighted by Gasteiger charge is -2.23. The van der Waals surface area contributed by atoms with Crippen LogP contribution >= 0.6 is 0 Å². The predicted molar refractivity (Wildman–Crippen MR) is 54.1 cm³/mol. The Balaban J connectivity index is 3.87. The summed E-state index contributed by atoms with van der Waals surface area (Å²) < 4.78 is 0. The maximum absolute atomic E-state index is 9.51. The second-order valence-electron chi connectivity index (χ2n) is 4.76. The predicted octanol–water partition coefficient (Wildman–Crippen LogP) is 3.08. The molecule has 0 aliphatic rings. The van der Waals surface area contributed by atoms with E-state index in [9.17, 15) is 5.11 Å². The van der Waals surface area contributed by atoms with Crippen molar-refractivity contribution in [1.29, 1.82) is 0 Å². The van der Waals surface area contributed by atoms with Gasteiger partial charge in [-0.2, -0.15) is 0 Å². The largest absolute Gasteiger partial charge is 0.393 e. The standard InChI is InChI=1S/C11H24O/c1-8(2)6-11(10(5)12)7-9(3)4/h8-12H,6-7H2,1-5H3. The van der Waals surface area contributed by atoms with Gasteiger partial charge in [-0.25, -0.2) is 0 Å². The average Bonchev–Trinajstić information content (AvgIpc) is 1.83. The van der Waals surface area contributed by atoms with Crippen molar-refractivity contribution in [3.8, 4) is 0 Å². The van der Waals surface area contributed by atoms with Gasteiger partial charge in [-0.05, 0) is 37.5 Å². The average molecular weight is 172 g/mol. The van der Waals surface area contributed by atoms with E-state index in [0.717, 1.165) is 12.8 Å². The van der Waals surface area contributed by atoms with Crippen molar-refractivity contribution in [3.05, 3.63) is 0 Å². The third-order valence-electron chi connectivity index (χ3n) is 2.23. The molecule has 1 heteroatoms. The molecule has 1 nitrogen and oxygen atoms in total. The van der Waals surface area contributed by atoms with Crippen LogP contribution < -0.4 is 0 Å². The van der Waals surface area contributed by atoms with E-state index in [4.69, 9.17) is 0 Å². The molecule has 0 bridgehead atoms. The summed E-state index contributed by atoms with van der Waals surface area (Å²) in [5, 5.41) is 9.51. The lowest BCUT2D eigenvalue weighted by molar-refractivity contribution is 0.0980. The smallest absolute Gasteiger partial charge is 0.0540 e. The van der Waals surface area contributed by atoms with E-state index in [-0.39, 0.29) is 6.10 Å². The number of hydrogen-bond acceptors (Lipinski definition) is 1. The highest BCUT2D eigenvalue weighted by Gasteiger charge is 2.17. The number of aliphatic hydroxyl groups excluding tert-OH is 1. The summed E-state index contributed by atoms with van der Waals surface area (Å²) in [4.78, 5) is 0. The zero-order chi connectivity index (χ0) is 9.72. The van der Waals surface area contributed by atoms with Crippen molar-refractivity contribution in [1.82, 2.24) is 0 Å². The van der Waals surface area contributed by atoms with Crippen molar-refractivity contribution in [2.75, 3.05) is 0 Å². The van der Waals surface area contributed by atoms with Crippen LogP contribution in [0.4, 0.5) is 0 Å². The molecule has 1 unspecified atom stereocenters. The van der Waals surface area contributed by atoms with Gasteiger partial charge >= 0.3 is 0 Å². The maximum atomic E-state index is 9.51. The molecule has 0 aliphatic carbocycles. The molecule has 0 spiro atoms. The normalized spacial score (nSPS) is 14.8. The van der Waals surface area contributed by atoms with Crippen LogP contribution in [0.25, 0.3) is 0 Å². The molecule has 0 aromatic heterocycles. The van der Waals surface area contributed by atoms with Gasteiger partial charge in [0.15, 0.2) is 0 Å². The molecule has 0 saturated carbocycles. The van der Waals surface area contributed by atoms with Crippen LogP contribution in [0.5, 0.6) is 0 Å². The van der Waals surface area contributed by atoms with Gasteiger partial charge in [0.25, 0.3) is 0 Å². The molecular weight excluding hydrogens is 148 g/mol. The molecule has 1 N–H and O–H groups in total. The molecule has 0 fully saturated rings. The van der Waals surface area contributed by atoms with Crippen molar-refractivity contribution in [2.45, 2.75) is 53.6 Å². The number of rotatable bonds is 5. The van der Waals surface area contributed by atoms with E-state index in [2.05, 4.69) is 27.7 Å². The number of aliphatic hydroxyl groups is 1. The van der Waals surface area contributed by atoms with E-state index >= 15 is 0 Å². The highest BCUT2D eigenvalue weighted by Crippen LogP contribution is 2.22. The van der Waals surface area contributed by atoms with Crippen LogP contribution in [-0.2, 0) is 0 Å². The lowest BCUT2D eigenvalue weighted by Crippen LogP contribution is -2.20. The Hall–Kier alpha value is -0.0400. The van der Waals surface area contributed by atoms with Gasteiger partial charge in [-0.3, -0.25) is 0 Å². The van der Waals surface area contributed by atoms with Crippen LogP contribution in [0.1, 0.15) is 47.5 Å². The maximum Gasteiger partial charge on any atom is 0.0540 e. The number of hydrogen-bond donors (Lipinski definition) is 1. The summed E-state index contributed by atoms with van der Waals surface area (Å²) in [6, 6.07) is 0. The third kappa shape index (κ3) is 5.59. The zero-order valence-corrected chi connectivity index (χ0v) is 9.17. The molecule has 0 aromatic rings. The summed E-state index contributed by atoms with van der Waals surface area (Å²) in [5.41, 5.74) is 0. The molecule has 0 aliphatic heterocycles. The highest BCUT2D eigenvalue weighted by molar-refractivity contribution is 4.68. The van der Waals surface area contributed by atoms with Gasteiger partial charge < -0.3 is 5.11 Å². The van der Waals surface area contributed by atoms with E-state index in [1.165, 1.54) is 0 Å². The van der Waals surface area contributed by atoms with Crippen LogP contribution in [0.15, 0.2) is 0 Å². The molecule has 1 atom stereocenters. The fourth-order valence-electron chi connectivity index (χ4n) is 1.70. The minimum Gasteiger partial charge on any atom is -0.393 e. The first-order valence-corrected chi connectivity index (χ1v) is 5.11. The van der Waals surface area contributed by atoms with Crippen LogP contribution in [0.3, 0.4) is 0 Å². The van der Waals surface area contributed by atoms with Crippen LogP contribution in [-0.4, -0.2) is 11.2 Å². The molecule has 74 valence electrons. The Bertz CT molecular complexity index is 95.6. The molecule has 0 heterocycles. The minimum absolute atomic E-state index is 0.144. The Labute approximate surface area is 77.2 Å². The van der Waals surface area contributed by atoms with Gasteiger partial charge in [-0.15, -0.1) is 0 Å². The third-order valence-corrected chi connectivity index (χ3v) is 2.23. The minimum atomic E-state index is -0.144. The van der Waals surface area contributed by atoms with E-state index in [1.807, 2.05) is 6.92 Å². The van der Waals surface area contributed by atoms with Gasteiger partial charge in [-0.1, -0.05) is 27.7 Å². The van der Waals surface area contributed by atoms with E-state index in [1.54, 1.807) is 0 Å². The summed E-state index contributed by atoms with van der Waals surface area (Å²) in [5.74, 6) is 1.89. The summed E-state index contributed by atoms with van der Waals surface area (Å²) >= 11 is 0. The van der Waals surface area contributed by atoms with E-state index in [0.29, 0.717) is 17.8 Å². The molecule has 12 heavy (non-hydrogen) atoms. The second kappa shape index (κ2) is 5.58. The van der Waals surface area contributed by atoms with Crippen molar-refractivity contribution < 1.29 is 5.11 Å². The highest BCUT2D eigenvalue weighted by atomic mass is 16.3. The molecular formula is C11H24O. The quantitative estimate of drug-likeness (QED) is 0.675. The fraction of sp³-hybridized carbons (Fsp3) is 1.00. The molecule has 0 radical (unpaired) electrons. The first-order chi connectivity index (χ1) is 5.43. The van der Waals surface area contributed by atoms with Crippen LogP contribution in [0, 0.1) is 17.8 Å². The van der Waals surface area contributed by atoms with Gasteiger partial charge in [0.2, 0.25) is 0 Å². The van der Waals surface area contributed by atoms with E-state index < -0.39 is 0 Å². The SMILES string of the molecule is CC(C)CC(CC(C)C)C(C)O. The zero-order valence-electron chi connectivity index (χ0n) is 9.17. The topological polar surface area (TPSA) is 20.2 Å². The van der Waals surface area contributed by atoms with Gasteiger partial charge in [0.1, 0.15) is 0 Å².